The van der Waals surface area contributed by atoms with E-state index < -0.39 is 14.8 Å². The smallest absolute Gasteiger partial charge is 0.481 e. The van der Waals surface area contributed by atoms with E-state index in [2.05, 4.69) is 5.32 Å². The van der Waals surface area contributed by atoms with Gasteiger partial charge >= 0.3 is 14.8 Å². The third-order valence-electron chi connectivity index (χ3n) is 2.77. The van der Waals surface area contributed by atoms with E-state index in [1.54, 1.807) is 0 Å². The number of carboxylic acids is 1. The van der Waals surface area contributed by atoms with Crippen molar-refractivity contribution < 1.29 is 28.0 Å². The first kappa shape index (κ1) is 20.0. The maximum atomic E-state index is 11.9. The van der Waals surface area contributed by atoms with Crippen LogP contribution in [0.2, 0.25) is 0 Å². The molecule has 0 aliphatic rings. The van der Waals surface area contributed by atoms with E-state index >= 15 is 0 Å². The molecule has 0 spiro atoms. The van der Waals surface area contributed by atoms with Gasteiger partial charge in [0.15, 0.2) is 0 Å². The third kappa shape index (κ3) is 7.03. The quantitative estimate of drug-likeness (QED) is 0.527. The van der Waals surface area contributed by atoms with E-state index in [4.69, 9.17) is 18.4 Å². The number of hydrogen-bond donors (Lipinski definition) is 2. The Kier molecular flexibility index (Phi) is 10.2. The summed E-state index contributed by atoms with van der Waals surface area (Å²) in [7, 11) is -3.02. The van der Waals surface area contributed by atoms with Gasteiger partial charge in [0, 0.05) is 26.2 Å². The zero-order chi connectivity index (χ0) is 16.3. The molecule has 124 valence electrons. The fourth-order valence-corrected chi connectivity index (χ4v) is 4.86. The molecule has 0 aromatic heterocycles. The normalized spacial score (nSPS) is 13.0. The van der Waals surface area contributed by atoms with Gasteiger partial charge < -0.3 is 23.7 Å². The van der Waals surface area contributed by atoms with Crippen LogP contribution in [0.15, 0.2) is 0 Å². The van der Waals surface area contributed by atoms with Crippen LogP contribution in [0.1, 0.15) is 47.0 Å². The summed E-state index contributed by atoms with van der Waals surface area (Å²) in [5, 5.41) is 11.4. The second-order valence-electron chi connectivity index (χ2n) is 4.32. The lowest BCUT2D eigenvalue weighted by Gasteiger charge is -2.35. The molecule has 0 aliphatic carbocycles. The maximum Gasteiger partial charge on any atom is 0.524 e. The number of amides is 1. The summed E-state index contributed by atoms with van der Waals surface area (Å²) < 4.78 is 17.3. The van der Waals surface area contributed by atoms with Gasteiger partial charge in [-0.1, -0.05) is 6.92 Å². The van der Waals surface area contributed by atoms with Crippen molar-refractivity contribution in [1.29, 1.82) is 0 Å². The summed E-state index contributed by atoms with van der Waals surface area (Å²) >= 11 is 0. The highest BCUT2D eigenvalue weighted by Crippen LogP contribution is 2.18. The van der Waals surface area contributed by atoms with E-state index in [1.165, 1.54) is 0 Å². The largest absolute Gasteiger partial charge is 0.524 e. The molecule has 1 unspecified atom stereocenters. The topological polar surface area (TPSA) is 94.1 Å². The Morgan fingerprint density at radius 3 is 1.81 bits per heavy atom. The van der Waals surface area contributed by atoms with Crippen molar-refractivity contribution in [2.75, 3.05) is 19.8 Å². The van der Waals surface area contributed by atoms with Crippen molar-refractivity contribution in [3.8, 4) is 0 Å². The summed E-state index contributed by atoms with van der Waals surface area (Å²) in [5.41, 5.74) is -0.376. The number of carboxylic acid groups (broad SMARTS) is 1. The van der Waals surface area contributed by atoms with Crippen molar-refractivity contribution in [3.63, 3.8) is 0 Å². The molecule has 0 rings (SSSR count). The maximum absolute atomic E-state index is 11.9. The average molecular weight is 321 g/mol. The van der Waals surface area contributed by atoms with Crippen LogP contribution in [0, 0.1) is 0 Å². The molecule has 1 amide bonds. The zero-order valence-corrected chi connectivity index (χ0v) is 14.3. The number of nitrogens with one attached hydrogen (secondary N) is 1. The minimum atomic E-state index is -3.02. The Morgan fingerprint density at radius 1 is 1.00 bits per heavy atom. The molecule has 0 saturated heterocycles. The lowest BCUT2D eigenvalue weighted by atomic mass is 10.3. The molecule has 0 aliphatic heterocycles. The monoisotopic (exact) mass is 321 g/mol. The van der Waals surface area contributed by atoms with Crippen LogP contribution in [-0.4, -0.2) is 51.3 Å². The van der Waals surface area contributed by atoms with E-state index in [0.717, 1.165) is 0 Å². The Bertz CT molecular complexity index is 309. The van der Waals surface area contributed by atoms with Crippen LogP contribution in [-0.2, 0) is 22.9 Å². The number of hydrogen-bond acceptors (Lipinski definition) is 5. The van der Waals surface area contributed by atoms with Crippen molar-refractivity contribution in [1.82, 2.24) is 5.32 Å². The van der Waals surface area contributed by atoms with Gasteiger partial charge in [-0.05, 0) is 27.2 Å². The molecule has 7 nitrogen and oxygen atoms in total. The van der Waals surface area contributed by atoms with Gasteiger partial charge in [-0.15, -0.1) is 0 Å². The highest BCUT2D eigenvalue weighted by atomic mass is 28.4. The molecule has 0 fully saturated rings. The van der Waals surface area contributed by atoms with Crippen molar-refractivity contribution in [3.05, 3.63) is 0 Å². The van der Waals surface area contributed by atoms with Crippen molar-refractivity contribution in [2.45, 2.75) is 52.6 Å². The van der Waals surface area contributed by atoms with Crippen LogP contribution in [0.3, 0.4) is 0 Å². The van der Waals surface area contributed by atoms with Gasteiger partial charge in [-0.3, -0.25) is 9.59 Å². The Hall–Kier alpha value is -0.963. The predicted octanol–water partition coefficient (Wildman–Crippen LogP) is 1.33. The summed E-state index contributed by atoms with van der Waals surface area (Å²) in [4.78, 5) is 22.4. The van der Waals surface area contributed by atoms with Gasteiger partial charge in [0.25, 0.3) is 0 Å². The molecule has 0 heterocycles. The highest BCUT2D eigenvalue weighted by Gasteiger charge is 2.49. The third-order valence-corrected chi connectivity index (χ3v) is 6.25. The molecule has 1 atom stereocenters. The molecular formula is C13H27NO6Si. The van der Waals surface area contributed by atoms with Crippen LogP contribution >= 0.6 is 0 Å². The zero-order valence-electron chi connectivity index (χ0n) is 13.3. The fraction of sp³-hybridized carbons (Fsp3) is 0.846. The second kappa shape index (κ2) is 10.7. The van der Waals surface area contributed by atoms with Crippen LogP contribution < -0.4 is 5.32 Å². The first-order chi connectivity index (χ1) is 9.95. The summed E-state index contributed by atoms with van der Waals surface area (Å²) in [6, 6.07) is 0. The fourth-order valence-electron chi connectivity index (χ4n) is 1.96. The highest BCUT2D eigenvalue weighted by molar-refractivity contribution is 6.62. The van der Waals surface area contributed by atoms with E-state index in [0.29, 0.717) is 26.2 Å². The second-order valence-corrected chi connectivity index (χ2v) is 7.09. The molecule has 0 radical (unpaired) electrons. The molecule has 0 bridgehead atoms. The first-order valence-corrected chi connectivity index (χ1v) is 9.18. The molecule has 8 heteroatoms. The van der Waals surface area contributed by atoms with E-state index in [-0.39, 0.29) is 24.4 Å². The van der Waals surface area contributed by atoms with E-state index in [1.807, 2.05) is 27.7 Å². The number of carbonyl (C=O) groups is 2. The Labute approximate surface area is 127 Å². The van der Waals surface area contributed by atoms with E-state index in [9.17, 15) is 9.59 Å². The van der Waals surface area contributed by atoms with Gasteiger partial charge in [-0.25, -0.2) is 0 Å². The minimum Gasteiger partial charge on any atom is -0.481 e. The van der Waals surface area contributed by atoms with Crippen molar-refractivity contribution in [2.24, 2.45) is 0 Å². The Morgan fingerprint density at radius 2 is 1.48 bits per heavy atom. The summed E-state index contributed by atoms with van der Waals surface area (Å²) in [6.45, 7) is 8.71. The first-order valence-electron chi connectivity index (χ1n) is 7.38. The van der Waals surface area contributed by atoms with Gasteiger partial charge in [0.2, 0.25) is 5.91 Å². The lowest BCUT2D eigenvalue weighted by molar-refractivity contribution is -0.138. The van der Waals surface area contributed by atoms with Crippen LogP contribution in [0.4, 0.5) is 0 Å². The SMILES string of the molecule is CCO[Si](OCC)(OCC)C(CC)NC(=O)CCC(=O)O. The molecule has 21 heavy (non-hydrogen) atoms. The summed E-state index contributed by atoms with van der Waals surface area (Å²) in [6.07, 6.45) is 0.320. The molecule has 0 aromatic rings. The summed E-state index contributed by atoms with van der Waals surface area (Å²) in [5.74, 6) is -1.33. The number of aliphatic carboxylic acids is 1. The van der Waals surface area contributed by atoms with Crippen LogP contribution in [0.25, 0.3) is 0 Å². The Balaban J connectivity index is 4.93. The molecule has 0 aromatic carbocycles. The standard InChI is InChI=1S/C13H27NO6Si/c1-5-12(14-11(15)9-10-13(16)17)21(18-6-2,19-7-3)20-8-4/h12H,5-10H2,1-4H3,(H,14,15)(H,16,17). The molecule has 2 N–H and O–H groups in total. The lowest BCUT2D eigenvalue weighted by Crippen LogP contribution is -2.62. The molecular weight excluding hydrogens is 294 g/mol. The number of carbonyl (C=O) groups excluding carboxylic acids is 1. The van der Waals surface area contributed by atoms with Crippen molar-refractivity contribution >= 4 is 20.7 Å². The van der Waals surface area contributed by atoms with Crippen LogP contribution in [0.5, 0.6) is 0 Å². The minimum absolute atomic E-state index is 0.0688. The average Bonchev–Trinajstić information content (AvgIpc) is 2.43. The van der Waals surface area contributed by atoms with Gasteiger partial charge in [-0.2, -0.15) is 0 Å². The van der Waals surface area contributed by atoms with Gasteiger partial charge in [0.1, 0.15) is 0 Å². The predicted molar refractivity (Wildman–Crippen MR) is 79.7 cm³/mol. The van der Waals surface area contributed by atoms with Gasteiger partial charge in [0.05, 0.1) is 12.1 Å². The molecule has 0 saturated carbocycles. The number of rotatable bonds is 12.